The maximum Gasteiger partial charge on any atom is 0.188 e. The SMILES string of the molecule is Cc1cc(OCC(C)C)cc2sc(Nc3ccccc3)nc12. The highest BCUT2D eigenvalue weighted by atomic mass is 32.1. The Balaban J connectivity index is 1.87. The number of benzene rings is 2. The number of thiazole rings is 1. The van der Waals surface area contributed by atoms with Crippen molar-refractivity contribution in [3.63, 3.8) is 0 Å². The van der Waals surface area contributed by atoms with Crippen LogP contribution in [0.2, 0.25) is 0 Å². The summed E-state index contributed by atoms with van der Waals surface area (Å²) in [6.45, 7) is 7.12. The third-order valence-electron chi connectivity index (χ3n) is 3.27. The quantitative estimate of drug-likeness (QED) is 0.686. The predicted molar refractivity (Wildman–Crippen MR) is 94.4 cm³/mol. The number of nitrogens with one attached hydrogen (secondary N) is 1. The predicted octanol–water partition coefficient (Wildman–Crippen LogP) is 5.38. The lowest BCUT2D eigenvalue weighted by Crippen LogP contribution is -2.04. The second-order valence-electron chi connectivity index (χ2n) is 5.80. The second kappa shape index (κ2) is 6.36. The molecule has 1 N–H and O–H groups in total. The Morgan fingerprint density at radius 3 is 2.68 bits per heavy atom. The molecule has 4 heteroatoms. The summed E-state index contributed by atoms with van der Waals surface area (Å²) < 4.78 is 6.99. The van der Waals surface area contributed by atoms with E-state index in [0.29, 0.717) is 5.92 Å². The van der Waals surface area contributed by atoms with Gasteiger partial charge in [-0.15, -0.1) is 0 Å². The lowest BCUT2D eigenvalue weighted by molar-refractivity contribution is 0.271. The molecule has 2 aromatic carbocycles. The van der Waals surface area contributed by atoms with Gasteiger partial charge in [0.05, 0.1) is 16.8 Å². The Bertz CT molecular complexity index is 765. The van der Waals surface area contributed by atoms with Gasteiger partial charge in [0.25, 0.3) is 0 Å². The normalized spacial score (nSPS) is 11.1. The Morgan fingerprint density at radius 2 is 1.95 bits per heavy atom. The molecule has 0 fully saturated rings. The summed E-state index contributed by atoms with van der Waals surface area (Å²) in [5.74, 6) is 1.45. The van der Waals surface area contributed by atoms with Gasteiger partial charge in [-0.1, -0.05) is 43.4 Å². The van der Waals surface area contributed by atoms with E-state index in [1.165, 1.54) is 0 Å². The number of para-hydroxylation sites is 1. The van der Waals surface area contributed by atoms with Crippen molar-refractivity contribution in [1.82, 2.24) is 4.98 Å². The molecule has 0 saturated heterocycles. The van der Waals surface area contributed by atoms with Crippen molar-refractivity contribution in [2.45, 2.75) is 20.8 Å². The molecule has 0 unspecified atom stereocenters. The number of nitrogens with zero attached hydrogens (tertiary/aromatic N) is 1. The number of rotatable bonds is 5. The molecule has 0 aliphatic rings. The molecule has 3 aromatic rings. The van der Waals surface area contributed by atoms with E-state index in [9.17, 15) is 0 Å². The van der Waals surface area contributed by atoms with Gasteiger partial charge in [-0.3, -0.25) is 0 Å². The van der Waals surface area contributed by atoms with Crippen LogP contribution in [-0.4, -0.2) is 11.6 Å². The van der Waals surface area contributed by atoms with E-state index in [2.05, 4.69) is 38.2 Å². The van der Waals surface area contributed by atoms with Crippen molar-refractivity contribution in [3.8, 4) is 5.75 Å². The number of ether oxygens (including phenoxy) is 1. The third-order valence-corrected chi connectivity index (χ3v) is 4.19. The van der Waals surface area contributed by atoms with Crippen molar-refractivity contribution in [2.75, 3.05) is 11.9 Å². The zero-order chi connectivity index (χ0) is 15.5. The summed E-state index contributed by atoms with van der Waals surface area (Å²) in [5.41, 5.74) is 3.24. The summed E-state index contributed by atoms with van der Waals surface area (Å²) in [6, 6.07) is 14.3. The fraction of sp³-hybridized carbons (Fsp3) is 0.278. The highest BCUT2D eigenvalue weighted by Gasteiger charge is 2.09. The monoisotopic (exact) mass is 312 g/mol. The molecule has 0 spiro atoms. The Morgan fingerprint density at radius 1 is 1.18 bits per heavy atom. The number of fused-ring (bicyclic) bond motifs is 1. The van der Waals surface area contributed by atoms with E-state index >= 15 is 0 Å². The molecule has 22 heavy (non-hydrogen) atoms. The lowest BCUT2D eigenvalue weighted by Gasteiger charge is -2.09. The summed E-state index contributed by atoms with van der Waals surface area (Å²) in [4.78, 5) is 4.70. The molecule has 0 radical (unpaired) electrons. The number of hydrogen-bond acceptors (Lipinski definition) is 4. The smallest absolute Gasteiger partial charge is 0.188 e. The van der Waals surface area contributed by atoms with Gasteiger partial charge in [0.1, 0.15) is 5.75 Å². The maximum absolute atomic E-state index is 5.84. The molecule has 3 nitrogen and oxygen atoms in total. The first-order chi connectivity index (χ1) is 10.6. The average molecular weight is 312 g/mol. The van der Waals surface area contributed by atoms with Crippen molar-refractivity contribution in [2.24, 2.45) is 5.92 Å². The highest BCUT2D eigenvalue weighted by molar-refractivity contribution is 7.22. The second-order valence-corrected chi connectivity index (χ2v) is 6.83. The van der Waals surface area contributed by atoms with Crippen LogP contribution in [0.25, 0.3) is 10.2 Å². The van der Waals surface area contributed by atoms with Crippen molar-refractivity contribution in [3.05, 3.63) is 48.0 Å². The molecule has 0 saturated carbocycles. The van der Waals surface area contributed by atoms with Crippen LogP contribution in [0.5, 0.6) is 5.75 Å². The zero-order valence-corrected chi connectivity index (χ0v) is 13.9. The van der Waals surface area contributed by atoms with E-state index in [4.69, 9.17) is 9.72 Å². The Labute approximate surface area is 135 Å². The minimum Gasteiger partial charge on any atom is -0.493 e. The molecule has 114 valence electrons. The van der Waals surface area contributed by atoms with Crippen LogP contribution in [0.4, 0.5) is 10.8 Å². The first-order valence-corrected chi connectivity index (χ1v) is 8.29. The summed E-state index contributed by atoms with van der Waals surface area (Å²) >= 11 is 1.65. The van der Waals surface area contributed by atoms with E-state index < -0.39 is 0 Å². The molecule has 0 aliphatic heterocycles. The molecule has 0 aliphatic carbocycles. The third kappa shape index (κ3) is 3.39. The minimum atomic E-state index is 0.521. The van der Waals surface area contributed by atoms with E-state index in [0.717, 1.165) is 39.0 Å². The molecule has 0 amide bonds. The molecule has 1 aromatic heterocycles. The molecular formula is C18H20N2OS. The molecular weight excluding hydrogens is 292 g/mol. The minimum absolute atomic E-state index is 0.521. The van der Waals surface area contributed by atoms with E-state index in [-0.39, 0.29) is 0 Å². The van der Waals surface area contributed by atoms with E-state index in [1.54, 1.807) is 11.3 Å². The Kier molecular flexibility index (Phi) is 4.29. The van der Waals surface area contributed by atoms with Gasteiger partial charge in [0.2, 0.25) is 0 Å². The van der Waals surface area contributed by atoms with Gasteiger partial charge in [0, 0.05) is 5.69 Å². The van der Waals surface area contributed by atoms with Gasteiger partial charge in [0.15, 0.2) is 5.13 Å². The van der Waals surface area contributed by atoms with Crippen LogP contribution in [0.3, 0.4) is 0 Å². The lowest BCUT2D eigenvalue weighted by atomic mass is 10.2. The van der Waals surface area contributed by atoms with Crippen molar-refractivity contribution >= 4 is 32.4 Å². The number of aryl methyl sites for hydroxylation is 1. The highest BCUT2D eigenvalue weighted by Crippen LogP contribution is 2.33. The van der Waals surface area contributed by atoms with Gasteiger partial charge in [-0.2, -0.15) is 0 Å². The molecule has 1 heterocycles. The topological polar surface area (TPSA) is 34.1 Å². The van der Waals surface area contributed by atoms with Gasteiger partial charge in [-0.05, 0) is 42.7 Å². The summed E-state index contributed by atoms with van der Waals surface area (Å²) in [5, 5.41) is 4.26. The van der Waals surface area contributed by atoms with Crippen LogP contribution in [0.15, 0.2) is 42.5 Å². The van der Waals surface area contributed by atoms with Gasteiger partial charge in [-0.25, -0.2) is 4.98 Å². The van der Waals surface area contributed by atoms with Crippen LogP contribution in [-0.2, 0) is 0 Å². The van der Waals surface area contributed by atoms with Gasteiger partial charge < -0.3 is 10.1 Å². The van der Waals surface area contributed by atoms with Crippen LogP contribution in [0.1, 0.15) is 19.4 Å². The number of aromatic nitrogens is 1. The number of anilines is 2. The first kappa shape index (κ1) is 14.9. The van der Waals surface area contributed by atoms with Crippen LogP contribution in [0, 0.1) is 12.8 Å². The fourth-order valence-corrected chi connectivity index (χ4v) is 3.20. The van der Waals surface area contributed by atoms with Crippen molar-refractivity contribution < 1.29 is 4.74 Å². The Hall–Kier alpha value is -2.07. The zero-order valence-electron chi connectivity index (χ0n) is 13.1. The number of hydrogen-bond donors (Lipinski definition) is 1. The van der Waals surface area contributed by atoms with Crippen LogP contribution >= 0.6 is 11.3 Å². The maximum atomic E-state index is 5.84. The summed E-state index contributed by atoms with van der Waals surface area (Å²) in [7, 11) is 0. The van der Waals surface area contributed by atoms with Gasteiger partial charge >= 0.3 is 0 Å². The largest absolute Gasteiger partial charge is 0.493 e. The molecule has 0 bridgehead atoms. The standard InChI is InChI=1S/C18H20N2OS/c1-12(2)11-21-15-9-13(3)17-16(10-15)22-18(20-17)19-14-7-5-4-6-8-14/h4-10,12H,11H2,1-3H3,(H,19,20). The van der Waals surface area contributed by atoms with E-state index in [1.807, 2.05) is 30.3 Å². The average Bonchev–Trinajstić information content (AvgIpc) is 2.89. The fourth-order valence-electron chi connectivity index (χ4n) is 2.21. The first-order valence-electron chi connectivity index (χ1n) is 7.48. The van der Waals surface area contributed by atoms with Crippen LogP contribution < -0.4 is 10.1 Å². The molecule has 0 atom stereocenters. The summed E-state index contributed by atoms with van der Waals surface area (Å²) in [6.07, 6.45) is 0. The van der Waals surface area contributed by atoms with Crippen molar-refractivity contribution in [1.29, 1.82) is 0 Å². The molecule has 3 rings (SSSR count).